The van der Waals surface area contributed by atoms with E-state index in [0.29, 0.717) is 11.6 Å². The Morgan fingerprint density at radius 2 is 1.19 bits per heavy atom. The van der Waals surface area contributed by atoms with Crippen molar-refractivity contribution in [3.05, 3.63) is 60.7 Å². The van der Waals surface area contributed by atoms with Gasteiger partial charge in [0.15, 0.2) is 11.6 Å². The lowest BCUT2D eigenvalue weighted by Crippen LogP contribution is -1.96. The smallest absolute Gasteiger partial charge is 0.211 e. The molecule has 1 aromatic heterocycles. The minimum atomic E-state index is 0.0534. The fourth-order valence-electron chi connectivity index (χ4n) is 1.89. The van der Waals surface area contributed by atoms with E-state index in [2.05, 4.69) is 19.9 Å². The molecule has 0 fully saturated rings. The predicted octanol–water partition coefficient (Wildman–Crippen LogP) is 3.17. The molecular formula is C16H10N4O. The van der Waals surface area contributed by atoms with E-state index in [1.54, 1.807) is 0 Å². The molecule has 0 bridgehead atoms. The number of carbonyl (C=O) groups excluding carboxylic acids is 1. The molecule has 5 nitrogen and oxygen atoms in total. The second-order valence-electron chi connectivity index (χ2n) is 4.22. The van der Waals surface area contributed by atoms with Crippen molar-refractivity contribution in [2.75, 3.05) is 0 Å². The molecule has 0 aliphatic carbocycles. The maximum absolute atomic E-state index is 10.5. The summed E-state index contributed by atoms with van der Waals surface area (Å²) in [5.74, 6) is 0.995. The predicted molar refractivity (Wildman–Crippen MR) is 78.5 cm³/mol. The molecule has 0 aliphatic heterocycles. The van der Waals surface area contributed by atoms with Crippen LogP contribution in [0.3, 0.4) is 0 Å². The standard InChI is InChI=1S/C16H10N4O/c21-11-17-16-19-14(12-7-3-1-4-8-12)18-15(20-16)13-9-5-2-6-10-13/h1-10H. The van der Waals surface area contributed by atoms with Gasteiger partial charge in [-0.25, -0.2) is 9.78 Å². The number of isocyanates is 1. The van der Waals surface area contributed by atoms with Crippen LogP contribution in [0.25, 0.3) is 22.8 Å². The van der Waals surface area contributed by atoms with Gasteiger partial charge in [0.2, 0.25) is 6.08 Å². The van der Waals surface area contributed by atoms with E-state index >= 15 is 0 Å². The monoisotopic (exact) mass is 274 g/mol. The Balaban J connectivity index is 2.18. The Bertz CT molecular complexity index is 739. The molecule has 0 amide bonds. The summed E-state index contributed by atoms with van der Waals surface area (Å²) in [6.07, 6.45) is 1.46. The van der Waals surface area contributed by atoms with Crippen molar-refractivity contribution in [3.63, 3.8) is 0 Å². The second kappa shape index (κ2) is 5.86. The summed E-state index contributed by atoms with van der Waals surface area (Å²) in [7, 11) is 0. The zero-order valence-corrected chi connectivity index (χ0v) is 11.0. The maximum Gasteiger partial charge on any atom is 0.264 e. The van der Waals surface area contributed by atoms with Gasteiger partial charge in [0.25, 0.3) is 5.95 Å². The molecule has 0 unspecified atom stereocenters. The van der Waals surface area contributed by atoms with Crippen LogP contribution < -0.4 is 0 Å². The summed E-state index contributed by atoms with van der Waals surface area (Å²) >= 11 is 0. The largest absolute Gasteiger partial charge is 0.264 e. The van der Waals surface area contributed by atoms with Crippen molar-refractivity contribution in [3.8, 4) is 22.8 Å². The van der Waals surface area contributed by atoms with Gasteiger partial charge >= 0.3 is 0 Å². The van der Waals surface area contributed by atoms with E-state index in [4.69, 9.17) is 0 Å². The molecule has 0 atom stereocenters. The van der Waals surface area contributed by atoms with Crippen LogP contribution in [-0.2, 0) is 4.79 Å². The Morgan fingerprint density at radius 1 is 0.714 bits per heavy atom. The second-order valence-corrected chi connectivity index (χ2v) is 4.22. The number of aromatic nitrogens is 3. The molecule has 3 aromatic rings. The van der Waals surface area contributed by atoms with Gasteiger partial charge < -0.3 is 0 Å². The van der Waals surface area contributed by atoms with Crippen molar-refractivity contribution in [1.29, 1.82) is 0 Å². The quantitative estimate of drug-likeness (QED) is 0.543. The van der Waals surface area contributed by atoms with Crippen LogP contribution in [0.4, 0.5) is 5.95 Å². The third kappa shape index (κ3) is 2.88. The first kappa shape index (κ1) is 12.8. The Hall–Kier alpha value is -3.17. The van der Waals surface area contributed by atoms with Crippen LogP contribution in [0, 0.1) is 0 Å². The van der Waals surface area contributed by atoms with Gasteiger partial charge in [0.1, 0.15) is 0 Å². The highest BCUT2D eigenvalue weighted by Gasteiger charge is 2.09. The van der Waals surface area contributed by atoms with E-state index in [1.807, 2.05) is 60.7 Å². The van der Waals surface area contributed by atoms with Crippen LogP contribution in [0.15, 0.2) is 65.7 Å². The number of aliphatic imine (C=N–C) groups is 1. The SMILES string of the molecule is O=C=Nc1nc(-c2ccccc2)nc(-c2ccccc2)n1. The van der Waals surface area contributed by atoms with Gasteiger partial charge in [-0.1, -0.05) is 60.7 Å². The first-order chi connectivity index (χ1) is 10.4. The van der Waals surface area contributed by atoms with Gasteiger partial charge in [-0.15, -0.1) is 4.99 Å². The minimum absolute atomic E-state index is 0.0534. The minimum Gasteiger partial charge on any atom is -0.211 e. The number of nitrogens with zero attached hydrogens (tertiary/aromatic N) is 4. The van der Waals surface area contributed by atoms with E-state index in [9.17, 15) is 4.79 Å². The molecule has 1 heterocycles. The molecule has 0 saturated carbocycles. The third-order valence-electron chi connectivity index (χ3n) is 2.83. The summed E-state index contributed by atoms with van der Waals surface area (Å²) in [5, 5.41) is 0. The lowest BCUT2D eigenvalue weighted by molar-refractivity contribution is 0.565. The number of hydrogen-bond acceptors (Lipinski definition) is 5. The van der Waals surface area contributed by atoms with Crippen molar-refractivity contribution in [2.24, 2.45) is 4.99 Å². The fraction of sp³-hybridized carbons (Fsp3) is 0. The number of benzene rings is 2. The molecule has 0 spiro atoms. The lowest BCUT2D eigenvalue weighted by atomic mass is 10.2. The summed E-state index contributed by atoms with van der Waals surface area (Å²) in [4.78, 5) is 26.8. The highest BCUT2D eigenvalue weighted by atomic mass is 16.1. The zero-order valence-electron chi connectivity index (χ0n) is 11.0. The molecule has 5 heteroatoms. The van der Waals surface area contributed by atoms with Crippen LogP contribution in [0.2, 0.25) is 0 Å². The molecule has 3 rings (SSSR count). The Labute approximate surface area is 121 Å². The van der Waals surface area contributed by atoms with Crippen LogP contribution in [0.1, 0.15) is 0 Å². The van der Waals surface area contributed by atoms with Gasteiger partial charge in [-0.3, -0.25) is 0 Å². The third-order valence-corrected chi connectivity index (χ3v) is 2.83. The Kier molecular flexibility index (Phi) is 3.58. The van der Waals surface area contributed by atoms with E-state index in [-0.39, 0.29) is 5.95 Å². The first-order valence-corrected chi connectivity index (χ1v) is 6.31. The fourth-order valence-corrected chi connectivity index (χ4v) is 1.89. The molecule has 0 aliphatic rings. The van der Waals surface area contributed by atoms with E-state index in [1.165, 1.54) is 6.08 Å². The number of rotatable bonds is 3. The zero-order chi connectivity index (χ0) is 14.5. The van der Waals surface area contributed by atoms with Gasteiger partial charge in [-0.05, 0) is 0 Å². The lowest BCUT2D eigenvalue weighted by Gasteiger charge is -2.04. The van der Waals surface area contributed by atoms with Crippen LogP contribution in [0.5, 0.6) is 0 Å². The van der Waals surface area contributed by atoms with Crippen LogP contribution >= 0.6 is 0 Å². The highest BCUT2D eigenvalue weighted by Crippen LogP contribution is 2.21. The molecule has 2 aromatic carbocycles. The van der Waals surface area contributed by atoms with Crippen molar-refractivity contribution in [2.45, 2.75) is 0 Å². The van der Waals surface area contributed by atoms with E-state index in [0.717, 1.165) is 11.1 Å². The Morgan fingerprint density at radius 3 is 1.62 bits per heavy atom. The topological polar surface area (TPSA) is 68.1 Å². The van der Waals surface area contributed by atoms with Gasteiger partial charge in [0.05, 0.1) is 0 Å². The summed E-state index contributed by atoms with van der Waals surface area (Å²) in [6, 6.07) is 18.9. The molecule has 100 valence electrons. The first-order valence-electron chi connectivity index (χ1n) is 6.31. The average Bonchev–Trinajstić information content (AvgIpc) is 2.56. The summed E-state index contributed by atoms with van der Waals surface area (Å²) in [6.45, 7) is 0. The maximum atomic E-state index is 10.5. The van der Waals surface area contributed by atoms with Crippen molar-refractivity contribution < 1.29 is 4.79 Å². The summed E-state index contributed by atoms with van der Waals surface area (Å²) in [5.41, 5.74) is 1.67. The molecule has 0 radical (unpaired) electrons. The molecule has 0 N–H and O–H groups in total. The van der Waals surface area contributed by atoms with Crippen molar-refractivity contribution >= 4 is 12.0 Å². The normalized spacial score (nSPS) is 9.90. The van der Waals surface area contributed by atoms with Gasteiger partial charge in [0, 0.05) is 11.1 Å². The van der Waals surface area contributed by atoms with Gasteiger partial charge in [-0.2, -0.15) is 9.97 Å². The number of hydrogen-bond donors (Lipinski definition) is 0. The average molecular weight is 274 g/mol. The van der Waals surface area contributed by atoms with Crippen molar-refractivity contribution in [1.82, 2.24) is 15.0 Å². The summed E-state index contributed by atoms with van der Waals surface area (Å²) < 4.78 is 0. The van der Waals surface area contributed by atoms with E-state index < -0.39 is 0 Å². The molecular weight excluding hydrogens is 264 g/mol. The highest BCUT2D eigenvalue weighted by molar-refractivity contribution is 5.62. The van der Waals surface area contributed by atoms with Crippen LogP contribution in [-0.4, -0.2) is 21.0 Å². The molecule has 0 saturated heterocycles. The molecule has 21 heavy (non-hydrogen) atoms.